The van der Waals surface area contributed by atoms with Gasteiger partial charge in [-0.2, -0.15) is 0 Å². The van der Waals surface area contributed by atoms with Gasteiger partial charge in [-0.3, -0.25) is 4.79 Å². The Morgan fingerprint density at radius 3 is 2.42 bits per heavy atom. The molecule has 0 heterocycles. The maximum Gasteiger partial charge on any atom is 0.166 e. The molecule has 0 aliphatic carbocycles. The summed E-state index contributed by atoms with van der Waals surface area (Å²) in [4.78, 5) is 10.7. The maximum atomic E-state index is 12.7. The van der Waals surface area contributed by atoms with Crippen molar-refractivity contribution in [3.8, 4) is 5.75 Å². The molecule has 12 heavy (non-hydrogen) atoms. The van der Waals surface area contributed by atoms with Crippen LogP contribution in [0.1, 0.15) is 17.3 Å². The number of carbonyl (C=O) groups is 1. The Labute approximate surface area is 67.4 Å². The molecule has 1 aromatic carbocycles. The van der Waals surface area contributed by atoms with Gasteiger partial charge in [-0.25, -0.2) is 8.78 Å². The second-order valence-corrected chi connectivity index (χ2v) is 2.34. The van der Waals surface area contributed by atoms with Crippen LogP contribution >= 0.6 is 0 Å². The van der Waals surface area contributed by atoms with E-state index in [4.69, 9.17) is 5.11 Å². The molecule has 0 spiro atoms. The number of benzene rings is 1. The van der Waals surface area contributed by atoms with Crippen LogP contribution in [0.25, 0.3) is 0 Å². The van der Waals surface area contributed by atoms with Gasteiger partial charge in [0.2, 0.25) is 0 Å². The van der Waals surface area contributed by atoms with E-state index in [9.17, 15) is 13.6 Å². The summed E-state index contributed by atoms with van der Waals surface area (Å²) in [5, 5.41) is 8.94. The lowest BCUT2D eigenvalue weighted by Crippen LogP contribution is -1.98. The van der Waals surface area contributed by atoms with Crippen molar-refractivity contribution in [2.24, 2.45) is 0 Å². The Bertz CT molecular complexity index is 311. The van der Waals surface area contributed by atoms with Crippen molar-refractivity contribution < 1.29 is 18.7 Å². The van der Waals surface area contributed by atoms with Gasteiger partial charge in [0, 0.05) is 12.1 Å². The molecule has 0 aliphatic rings. The van der Waals surface area contributed by atoms with Gasteiger partial charge in [-0.1, -0.05) is 0 Å². The average Bonchev–Trinajstić information content (AvgIpc) is 1.82. The Balaban J connectivity index is 3.38. The second-order valence-electron chi connectivity index (χ2n) is 2.34. The molecule has 0 radical (unpaired) electrons. The lowest BCUT2D eigenvalue weighted by molar-refractivity contribution is 0.101. The van der Waals surface area contributed by atoms with E-state index >= 15 is 0 Å². The van der Waals surface area contributed by atoms with Crippen LogP contribution in [0.5, 0.6) is 5.75 Å². The number of phenolic OH excluding ortho intramolecular Hbond substituents is 1. The third-order valence-corrected chi connectivity index (χ3v) is 1.39. The van der Waals surface area contributed by atoms with Crippen LogP contribution in [0, 0.1) is 11.6 Å². The van der Waals surface area contributed by atoms with Crippen LogP contribution in [0.3, 0.4) is 0 Å². The Hall–Kier alpha value is -1.45. The molecular weight excluding hydrogens is 166 g/mol. The SMILES string of the molecule is CC(=O)c1c(O)cc(F)cc1F. The molecule has 0 unspecified atom stereocenters. The predicted molar refractivity (Wildman–Crippen MR) is 38.0 cm³/mol. The van der Waals surface area contributed by atoms with Crippen molar-refractivity contribution in [1.82, 2.24) is 0 Å². The highest BCUT2D eigenvalue weighted by atomic mass is 19.1. The van der Waals surface area contributed by atoms with Crippen LogP contribution in [0.15, 0.2) is 12.1 Å². The van der Waals surface area contributed by atoms with E-state index in [1.54, 1.807) is 0 Å². The van der Waals surface area contributed by atoms with Gasteiger partial charge in [-0.05, 0) is 6.92 Å². The Morgan fingerprint density at radius 2 is 2.00 bits per heavy atom. The Kier molecular flexibility index (Phi) is 2.08. The van der Waals surface area contributed by atoms with Crippen molar-refractivity contribution in [2.75, 3.05) is 0 Å². The van der Waals surface area contributed by atoms with E-state index in [1.165, 1.54) is 0 Å². The Morgan fingerprint density at radius 1 is 1.42 bits per heavy atom. The number of aromatic hydroxyl groups is 1. The first-order chi connectivity index (χ1) is 5.52. The fraction of sp³-hybridized carbons (Fsp3) is 0.125. The summed E-state index contributed by atoms with van der Waals surface area (Å²) in [6, 6.07) is 1.25. The first-order valence-corrected chi connectivity index (χ1v) is 3.21. The quantitative estimate of drug-likeness (QED) is 0.656. The number of halogens is 2. The van der Waals surface area contributed by atoms with Gasteiger partial charge in [0.15, 0.2) is 5.78 Å². The average molecular weight is 172 g/mol. The van der Waals surface area contributed by atoms with E-state index in [1.807, 2.05) is 0 Å². The number of Topliss-reactive ketones (excluding diaryl/α,β-unsaturated/α-hetero) is 1. The minimum atomic E-state index is -1.04. The van der Waals surface area contributed by atoms with Crippen molar-refractivity contribution in [1.29, 1.82) is 0 Å². The molecule has 1 aromatic rings. The summed E-state index contributed by atoms with van der Waals surface area (Å²) >= 11 is 0. The molecule has 4 heteroatoms. The zero-order valence-corrected chi connectivity index (χ0v) is 6.27. The summed E-state index contributed by atoms with van der Waals surface area (Å²) < 4.78 is 25.1. The van der Waals surface area contributed by atoms with Gasteiger partial charge in [0.05, 0.1) is 5.56 Å². The summed E-state index contributed by atoms with van der Waals surface area (Å²) in [6.45, 7) is 1.09. The fourth-order valence-electron chi connectivity index (χ4n) is 0.909. The van der Waals surface area contributed by atoms with Gasteiger partial charge < -0.3 is 5.11 Å². The van der Waals surface area contributed by atoms with Crippen LogP contribution < -0.4 is 0 Å². The van der Waals surface area contributed by atoms with E-state index in [2.05, 4.69) is 0 Å². The van der Waals surface area contributed by atoms with Gasteiger partial charge in [0.25, 0.3) is 0 Å². The molecule has 0 aromatic heterocycles. The molecule has 1 N–H and O–H groups in total. The van der Waals surface area contributed by atoms with Crippen molar-refractivity contribution in [3.63, 3.8) is 0 Å². The van der Waals surface area contributed by atoms with Gasteiger partial charge >= 0.3 is 0 Å². The smallest absolute Gasteiger partial charge is 0.166 e. The van der Waals surface area contributed by atoms with E-state index < -0.39 is 28.7 Å². The van der Waals surface area contributed by atoms with Crippen molar-refractivity contribution in [3.05, 3.63) is 29.3 Å². The first-order valence-electron chi connectivity index (χ1n) is 3.21. The third kappa shape index (κ3) is 1.42. The van der Waals surface area contributed by atoms with Crippen molar-refractivity contribution in [2.45, 2.75) is 6.92 Å². The van der Waals surface area contributed by atoms with Crippen LogP contribution in [-0.2, 0) is 0 Å². The zero-order chi connectivity index (χ0) is 9.30. The summed E-state index contributed by atoms with van der Waals surface area (Å²) in [5.74, 6) is -3.25. The molecule has 2 nitrogen and oxygen atoms in total. The van der Waals surface area contributed by atoms with Crippen molar-refractivity contribution >= 4 is 5.78 Å². The zero-order valence-electron chi connectivity index (χ0n) is 6.27. The highest BCUT2D eigenvalue weighted by Crippen LogP contribution is 2.21. The molecule has 64 valence electrons. The van der Waals surface area contributed by atoms with Crippen LogP contribution in [-0.4, -0.2) is 10.9 Å². The number of ketones is 1. The van der Waals surface area contributed by atoms with Gasteiger partial charge in [0.1, 0.15) is 17.4 Å². The van der Waals surface area contributed by atoms with E-state index in [-0.39, 0.29) is 0 Å². The number of phenols is 1. The fourth-order valence-corrected chi connectivity index (χ4v) is 0.909. The predicted octanol–water partition coefficient (Wildman–Crippen LogP) is 1.87. The first kappa shape index (κ1) is 8.64. The lowest BCUT2D eigenvalue weighted by Gasteiger charge is -2.01. The van der Waals surface area contributed by atoms with E-state index in [0.717, 1.165) is 6.92 Å². The molecule has 0 bridgehead atoms. The number of hydrogen-bond acceptors (Lipinski definition) is 2. The van der Waals surface area contributed by atoms with E-state index in [0.29, 0.717) is 12.1 Å². The van der Waals surface area contributed by atoms with Gasteiger partial charge in [-0.15, -0.1) is 0 Å². The summed E-state index contributed by atoms with van der Waals surface area (Å²) in [7, 11) is 0. The molecule has 0 atom stereocenters. The molecule has 0 saturated heterocycles. The molecule has 1 rings (SSSR count). The third-order valence-electron chi connectivity index (χ3n) is 1.39. The highest BCUT2D eigenvalue weighted by molar-refractivity contribution is 5.96. The standard InChI is InChI=1S/C8H6F2O2/c1-4(11)8-6(10)2-5(9)3-7(8)12/h2-3,12H,1H3. The van der Waals surface area contributed by atoms with Crippen LogP contribution in [0.2, 0.25) is 0 Å². The number of rotatable bonds is 1. The maximum absolute atomic E-state index is 12.7. The topological polar surface area (TPSA) is 37.3 Å². The number of hydrogen-bond donors (Lipinski definition) is 1. The molecule has 0 amide bonds. The molecule has 0 saturated carbocycles. The minimum Gasteiger partial charge on any atom is -0.507 e. The number of carbonyl (C=O) groups excluding carboxylic acids is 1. The highest BCUT2D eigenvalue weighted by Gasteiger charge is 2.13. The summed E-state index contributed by atoms with van der Waals surface area (Å²) in [5.41, 5.74) is -0.476. The minimum absolute atomic E-state index is 0.476. The lowest BCUT2D eigenvalue weighted by atomic mass is 10.1. The normalized spacial score (nSPS) is 9.92. The largest absolute Gasteiger partial charge is 0.507 e. The van der Waals surface area contributed by atoms with Crippen LogP contribution in [0.4, 0.5) is 8.78 Å². The summed E-state index contributed by atoms with van der Waals surface area (Å²) in [6.07, 6.45) is 0. The molecular formula is C8H6F2O2. The monoisotopic (exact) mass is 172 g/mol. The second kappa shape index (κ2) is 2.89. The molecule has 0 fully saturated rings. The molecule has 0 aliphatic heterocycles.